The Bertz CT molecular complexity index is 1150. The van der Waals surface area contributed by atoms with Crippen molar-refractivity contribution in [1.29, 1.82) is 0 Å². The summed E-state index contributed by atoms with van der Waals surface area (Å²) in [7, 11) is 0. The second kappa shape index (κ2) is 11.5. The highest BCUT2D eigenvalue weighted by Crippen LogP contribution is 2.29. The number of aryl methyl sites for hydroxylation is 2. The van der Waals surface area contributed by atoms with Gasteiger partial charge in [0, 0.05) is 12.2 Å². The van der Waals surface area contributed by atoms with E-state index in [1.165, 1.54) is 6.08 Å². The smallest absolute Gasteiger partial charge is 0.262 e. The Balaban J connectivity index is 1.67. The number of aromatic nitrogens is 2. The van der Waals surface area contributed by atoms with Crippen molar-refractivity contribution in [1.82, 2.24) is 9.78 Å². The summed E-state index contributed by atoms with van der Waals surface area (Å²) in [5, 5.41) is 6.97. The molecule has 0 aliphatic carbocycles. The fourth-order valence-electron chi connectivity index (χ4n) is 3.09. The monoisotopic (exact) mass is 511 g/mol. The van der Waals surface area contributed by atoms with Crippen LogP contribution in [0, 0.1) is 6.92 Å². The molecule has 1 N–H and O–H groups in total. The van der Waals surface area contributed by atoms with Crippen molar-refractivity contribution in [2.45, 2.75) is 27.3 Å². The number of nitrogens with zero attached hydrogens (tertiary/aromatic N) is 2. The standard InChI is InChI=1S/C25H26BrN3O4/c1-4-29-25(20(26)15-27-29)21(30)12-8-18-9-13-22(23(14-18)32-5-2)33-16-24(31)28-19-10-6-17(3)7-11-19/h6-15H,4-5,16H2,1-3H3,(H,28,31)/b12-8+. The lowest BCUT2D eigenvalue weighted by atomic mass is 10.1. The number of amides is 1. The van der Waals surface area contributed by atoms with Crippen LogP contribution >= 0.6 is 15.9 Å². The molecule has 0 unspecified atom stereocenters. The van der Waals surface area contributed by atoms with Crippen LogP contribution < -0.4 is 14.8 Å². The molecule has 0 saturated carbocycles. The van der Waals surface area contributed by atoms with Gasteiger partial charge in [-0.15, -0.1) is 0 Å². The second-order valence-electron chi connectivity index (χ2n) is 7.20. The number of rotatable bonds is 10. The average molecular weight is 512 g/mol. The van der Waals surface area contributed by atoms with Crippen LogP contribution in [0.2, 0.25) is 0 Å². The van der Waals surface area contributed by atoms with Gasteiger partial charge in [-0.3, -0.25) is 14.3 Å². The number of anilines is 1. The van der Waals surface area contributed by atoms with E-state index in [0.29, 0.717) is 40.5 Å². The molecule has 0 aliphatic rings. The molecule has 0 fully saturated rings. The average Bonchev–Trinajstić information content (AvgIpc) is 3.19. The Morgan fingerprint density at radius 3 is 2.55 bits per heavy atom. The van der Waals surface area contributed by atoms with E-state index >= 15 is 0 Å². The summed E-state index contributed by atoms with van der Waals surface area (Å²) in [6, 6.07) is 12.8. The number of hydrogen-bond acceptors (Lipinski definition) is 5. The molecule has 1 heterocycles. The molecule has 33 heavy (non-hydrogen) atoms. The van der Waals surface area contributed by atoms with Crippen molar-refractivity contribution >= 4 is 39.4 Å². The first-order valence-electron chi connectivity index (χ1n) is 10.6. The molecule has 7 nitrogen and oxygen atoms in total. The minimum Gasteiger partial charge on any atom is -0.490 e. The molecule has 172 valence electrons. The van der Waals surface area contributed by atoms with E-state index in [0.717, 1.165) is 11.1 Å². The van der Waals surface area contributed by atoms with E-state index in [1.54, 1.807) is 35.2 Å². The summed E-state index contributed by atoms with van der Waals surface area (Å²) in [5.74, 6) is 0.516. The van der Waals surface area contributed by atoms with Gasteiger partial charge >= 0.3 is 0 Å². The van der Waals surface area contributed by atoms with Crippen LogP contribution in [-0.2, 0) is 11.3 Å². The molecule has 1 amide bonds. The van der Waals surface area contributed by atoms with Crippen LogP contribution in [0.4, 0.5) is 5.69 Å². The first-order chi connectivity index (χ1) is 15.9. The van der Waals surface area contributed by atoms with Crippen LogP contribution in [-0.4, -0.2) is 34.7 Å². The largest absolute Gasteiger partial charge is 0.490 e. The zero-order valence-corrected chi connectivity index (χ0v) is 20.4. The van der Waals surface area contributed by atoms with Gasteiger partial charge in [-0.1, -0.05) is 29.8 Å². The van der Waals surface area contributed by atoms with Crippen molar-refractivity contribution in [3.8, 4) is 11.5 Å². The fraction of sp³-hybridized carbons (Fsp3) is 0.240. The van der Waals surface area contributed by atoms with Gasteiger partial charge in [-0.05, 0) is 72.6 Å². The zero-order valence-electron chi connectivity index (χ0n) is 18.8. The Morgan fingerprint density at radius 1 is 1.09 bits per heavy atom. The Labute approximate surface area is 201 Å². The minimum absolute atomic E-state index is 0.156. The number of benzene rings is 2. The molecule has 2 aromatic carbocycles. The van der Waals surface area contributed by atoms with E-state index in [9.17, 15) is 9.59 Å². The number of carbonyl (C=O) groups excluding carboxylic acids is 2. The lowest BCUT2D eigenvalue weighted by Crippen LogP contribution is -2.20. The molecule has 0 spiro atoms. The van der Waals surface area contributed by atoms with Crippen LogP contribution in [0.1, 0.15) is 35.5 Å². The van der Waals surface area contributed by atoms with E-state index in [2.05, 4.69) is 26.3 Å². The van der Waals surface area contributed by atoms with E-state index in [-0.39, 0.29) is 18.3 Å². The number of carbonyl (C=O) groups is 2. The molecular formula is C25H26BrN3O4. The van der Waals surface area contributed by atoms with E-state index < -0.39 is 0 Å². The van der Waals surface area contributed by atoms with Crippen molar-refractivity contribution in [3.63, 3.8) is 0 Å². The SMILES string of the molecule is CCOc1cc(/C=C/C(=O)c2c(Br)cnn2CC)ccc1OCC(=O)Nc1ccc(C)cc1. The van der Waals surface area contributed by atoms with Crippen LogP contribution in [0.15, 0.2) is 59.2 Å². The molecular weight excluding hydrogens is 486 g/mol. The molecule has 0 radical (unpaired) electrons. The number of ether oxygens (including phenoxy) is 2. The van der Waals surface area contributed by atoms with Crippen LogP contribution in [0.3, 0.4) is 0 Å². The summed E-state index contributed by atoms with van der Waals surface area (Å²) in [4.78, 5) is 24.9. The third-order valence-corrected chi connectivity index (χ3v) is 5.30. The summed E-state index contributed by atoms with van der Waals surface area (Å²) in [5.41, 5.74) is 3.09. The molecule has 1 aromatic heterocycles. The molecule has 0 saturated heterocycles. The van der Waals surface area contributed by atoms with Gasteiger partial charge in [0.1, 0.15) is 5.69 Å². The first kappa shape index (κ1) is 24.3. The number of halogens is 1. The van der Waals surface area contributed by atoms with Crippen LogP contribution in [0.25, 0.3) is 6.08 Å². The van der Waals surface area contributed by atoms with Crippen molar-refractivity contribution in [2.75, 3.05) is 18.5 Å². The number of ketones is 1. The van der Waals surface area contributed by atoms with Gasteiger partial charge in [-0.25, -0.2) is 0 Å². The maximum atomic E-state index is 12.6. The number of nitrogens with one attached hydrogen (secondary N) is 1. The maximum Gasteiger partial charge on any atom is 0.262 e. The summed E-state index contributed by atoms with van der Waals surface area (Å²) in [6.45, 7) is 6.64. The van der Waals surface area contributed by atoms with E-state index in [4.69, 9.17) is 9.47 Å². The van der Waals surface area contributed by atoms with E-state index in [1.807, 2.05) is 45.0 Å². The topological polar surface area (TPSA) is 82.4 Å². The van der Waals surface area contributed by atoms with Crippen LogP contribution in [0.5, 0.6) is 11.5 Å². The predicted molar refractivity (Wildman–Crippen MR) is 132 cm³/mol. The number of hydrogen-bond donors (Lipinski definition) is 1. The zero-order chi connectivity index (χ0) is 23.8. The molecule has 0 aliphatic heterocycles. The normalized spacial score (nSPS) is 10.9. The maximum absolute atomic E-state index is 12.6. The van der Waals surface area contributed by atoms with Gasteiger partial charge in [0.2, 0.25) is 5.78 Å². The Kier molecular flexibility index (Phi) is 8.43. The summed E-state index contributed by atoms with van der Waals surface area (Å²) >= 11 is 3.37. The first-order valence-corrected chi connectivity index (χ1v) is 11.4. The second-order valence-corrected chi connectivity index (χ2v) is 8.05. The highest BCUT2D eigenvalue weighted by molar-refractivity contribution is 9.10. The third kappa shape index (κ3) is 6.55. The van der Waals surface area contributed by atoms with Gasteiger partial charge < -0.3 is 14.8 Å². The lowest BCUT2D eigenvalue weighted by Gasteiger charge is -2.13. The van der Waals surface area contributed by atoms with Crippen molar-refractivity contribution in [2.24, 2.45) is 0 Å². The van der Waals surface area contributed by atoms with Crippen molar-refractivity contribution in [3.05, 3.63) is 76.0 Å². The minimum atomic E-state index is -0.269. The number of allylic oxidation sites excluding steroid dienone is 1. The van der Waals surface area contributed by atoms with Gasteiger partial charge in [0.15, 0.2) is 18.1 Å². The van der Waals surface area contributed by atoms with Gasteiger partial charge in [-0.2, -0.15) is 5.10 Å². The lowest BCUT2D eigenvalue weighted by molar-refractivity contribution is -0.118. The quantitative estimate of drug-likeness (QED) is 0.295. The molecule has 3 rings (SSSR count). The molecule has 3 aromatic rings. The fourth-order valence-corrected chi connectivity index (χ4v) is 3.58. The van der Waals surface area contributed by atoms with Gasteiger partial charge in [0.05, 0.1) is 17.3 Å². The molecule has 8 heteroatoms. The highest BCUT2D eigenvalue weighted by Gasteiger charge is 2.14. The summed E-state index contributed by atoms with van der Waals surface area (Å²) in [6.07, 6.45) is 4.81. The Hall–Kier alpha value is -3.39. The highest BCUT2D eigenvalue weighted by atomic mass is 79.9. The van der Waals surface area contributed by atoms with Crippen molar-refractivity contribution < 1.29 is 19.1 Å². The Morgan fingerprint density at radius 2 is 1.85 bits per heavy atom. The predicted octanol–water partition coefficient (Wildman–Crippen LogP) is 5.29. The summed E-state index contributed by atoms with van der Waals surface area (Å²) < 4.78 is 13.7. The molecule has 0 atom stereocenters. The molecule has 0 bridgehead atoms. The third-order valence-electron chi connectivity index (χ3n) is 4.72. The van der Waals surface area contributed by atoms with Gasteiger partial charge in [0.25, 0.3) is 5.91 Å².